The first-order valence-electron chi connectivity index (χ1n) is 8.15. The summed E-state index contributed by atoms with van der Waals surface area (Å²) in [5, 5.41) is 0.445. The van der Waals surface area contributed by atoms with E-state index >= 15 is 0 Å². The van der Waals surface area contributed by atoms with Crippen LogP contribution in [0.15, 0.2) is 59.5 Å². The maximum absolute atomic E-state index is 12.4. The van der Waals surface area contributed by atoms with E-state index in [1.54, 1.807) is 4.90 Å². The smallest absolute Gasteiger partial charge is 0.241 e. The second-order valence-electron chi connectivity index (χ2n) is 5.89. The first-order valence-corrected chi connectivity index (χ1v) is 10.0. The number of ether oxygens (including phenoxy) is 1. The molecule has 1 aliphatic rings. The van der Waals surface area contributed by atoms with Crippen molar-refractivity contribution < 1.29 is 17.9 Å². The van der Waals surface area contributed by atoms with Gasteiger partial charge in [0.25, 0.3) is 0 Å². The third kappa shape index (κ3) is 4.62. The summed E-state index contributed by atoms with van der Waals surface area (Å²) in [5.74, 6) is -0.285. The van der Waals surface area contributed by atoms with E-state index in [9.17, 15) is 13.2 Å². The summed E-state index contributed by atoms with van der Waals surface area (Å²) in [5.41, 5.74) is 0.992. The number of nitrogens with one attached hydrogen (secondary N) is 1. The zero-order valence-electron chi connectivity index (χ0n) is 14.0. The normalized spacial score (nSPS) is 17.9. The van der Waals surface area contributed by atoms with E-state index in [0.29, 0.717) is 24.7 Å². The highest BCUT2D eigenvalue weighted by Crippen LogP contribution is 2.22. The Morgan fingerprint density at radius 3 is 2.54 bits per heavy atom. The van der Waals surface area contributed by atoms with Crippen molar-refractivity contribution in [2.75, 3.05) is 26.2 Å². The van der Waals surface area contributed by atoms with Gasteiger partial charge in [-0.2, -0.15) is 0 Å². The Kier molecular flexibility index (Phi) is 5.93. The lowest BCUT2D eigenvalue weighted by Crippen LogP contribution is -2.46. The topological polar surface area (TPSA) is 75.7 Å². The number of morpholine rings is 1. The molecule has 1 amide bonds. The average molecular weight is 395 g/mol. The van der Waals surface area contributed by atoms with Crippen LogP contribution in [0.3, 0.4) is 0 Å². The second kappa shape index (κ2) is 8.18. The second-order valence-corrected chi connectivity index (χ2v) is 8.09. The van der Waals surface area contributed by atoms with Crippen molar-refractivity contribution >= 4 is 27.5 Å². The third-order valence-corrected chi connectivity index (χ3v) is 5.80. The van der Waals surface area contributed by atoms with Crippen LogP contribution in [-0.2, 0) is 19.6 Å². The van der Waals surface area contributed by atoms with Crippen LogP contribution in [0, 0.1) is 0 Å². The van der Waals surface area contributed by atoms with Gasteiger partial charge in [-0.1, -0.05) is 41.9 Å². The monoisotopic (exact) mass is 394 g/mol. The molecule has 0 spiro atoms. The Labute approximate surface area is 157 Å². The van der Waals surface area contributed by atoms with Gasteiger partial charge in [0.15, 0.2) is 0 Å². The lowest BCUT2D eigenvalue weighted by atomic mass is 10.1. The van der Waals surface area contributed by atoms with Crippen LogP contribution >= 0.6 is 11.6 Å². The molecule has 8 heteroatoms. The quantitative estimate of drug-likeness (QED) is 0.843. The molecule has 138 valence electrons. The summed E-state index contributed by atoms with van der Waals surface area (Å²) in [7, 11) is -3.76. The van der Waals surface area contributed by atoms with Crippen LogP contribution in [0.4, 0.5) is 0 Å². The number of halogens is 1. The fourth-order valence-corrected chi connectivity index (χ4v) is 3.81. The number of rotatable bonds is 5. The van der Waals surface area contributed by atoms with E-state index in [-0.39, 0.29) is 23.5 Å². The molecule has 1 heterocycles. The van der Waals surface area contributed by atoms with Gasteiger partial charge in [0.2, 0.25) is 15.9 Å². The molecule has 1 saturated heterocycles. The maximum Gasteiger partial charge on any atom is 0.241 e. The van der Waals surface area contributed by atoms with Crippen molar-refractivity contribution in [1.82, 2.24) is 9.62 Å². The summed E-state index contributed by atoms with van der Waals surface area (Å²) >= 11 is 5.77. The molecule has 0 radical (unpaired) electrons. The standard InChI is InChI=1S/C18H19ClN2O4S/c19-15-6-8-16(9-7-15)26(23,24)20-12-18(22)21-10-11-25-17(13-21)14-4-2-1-3-5-14/h1-9,17,20H,10-13H2. The van der Waals surface area contributed by atoms with Crippen LogP contribution in [0.5, 0.6) is 0 Å². The molecular formula is C18H19ClN2O4S. The number of carbonyl (C=O) groups excluding carboxylic acids is 1. The van der Waals surface area contributed by atoms with Gasteiger partial charge < -0.3 is 9.64 Å². The van der Waals surface area contributed by atoms with Crippen LogP contribution < -0.4 is 4.72 Å². The Morgan fingerprint density at radius 2 is 1.85 bits per heavy atom. The highest BCUT2D eigenvalue weighted by atomic mass is 35.5. The minimum atomic E-state index is -3.76. The van der Waals surface area contributed by atoms with Gasteiger partial charge in [-0.3, -0.25) is 4.79 Å². The number of amides is 1. The molecule has 6 nitrogen and oxygen atoms in total. The largest absolute Gasteiger partial charge is 0.370 e. The van der Waals surface area contributed by atoms with Crippen LogP contribution in [0.2, 0.25) is 5.02 Å². The van der Waals surface area contributed by atoms with E-state index in [0.717, 1.165) is 5.56 Å². The molecule has 0 bridgehead atoms. The molecule has 26 heavy (non-hydrogen) atoms. The molecule has 2 aromatic rings. The molecule has 3 rings (SSSR count). The zero-order chi connectivity index (χ0) is 18.6. The molecule has 0 aliphatic carbocycles. The summed E-state index contributed by atoms with van der Waals surface area (Å²) < 4.78 is 32.6. The highest BCUT2D eigenvalue weighted by molar-refractivity contribution is 7.89. The van der Waals surface area contributed by atoms with Gasteiger partial charge in [-0.05, 0) is 29.8 Å². The fourth-order valence-electron chi connectivity index (χ4n) is 2.71. The molecule has 1 atom stereocenters. The minimum absolute atomic E-state index is 0.0684. The molecule has 1 fully saturated rings. The van der Waals surface area contributed by atoms with Crippen molar-refractivity contribution in [2.45, 2.75) is 11.0 Å². The van der Waals surface area contributed by atoms with Crippen molar-refractivity contribution in [3.8, 4) is 0 Å². The molecule has 0 saturated carbocycles. The predicted octanol–water partition coefficient (Wildman–Crippen LogP) is 2.22. The molecule has 1 aliphatic heterocycles. The van der Waals surface area contributed by atoms with Crippen molar-refractivity contribution in [3.63, 3.8) is 0 Å². The van der Waals surface area contributed by atoms with E-state index in [1.807, 2.05) is 30.3 Å². The molecule has 1 N–H and O–H groups in total. The van der Waals surface area contributed by atoms with E-state index in [2.05, 4.69) is 4.72 Å². The van der Waals surface area contributed by atoms with E-state index in [1.165, 1.54) is 24.3 Å². The van der Waals surface area contributed by atoms with Gasteiger partial charge in [-0.15, -0.1) is 0 Å². The van der Waals surface area contributed by atoms with Crippen molar-refractivity contribution in [1.29, 1.82) is 0 Å². The fraction of sp³-hybridized carbons (Fsp3) is 0.278. The van der Waals surface area contributed by atoms with Crippen LogP contribution in [0.1, 0.15) is 11.7 Å². The van der Waals surface area contributed by atoms with E-state index in [4.69, 9.17) is 16.3 Å². The third-order valence-electron chi connectivity index (χ3n) is 4.13. The lowest BCUT2D eigenvalue weighted by molar-refractivity contribution is -0.137. The van der Waals surface area contributed by atoms with Crippen LogP contribution in [0.25, 0.3) is 0 Å². The Bertz CT molecular complexity index is 857. The first-order chi connectivity index (χ1) is 12.5. The first kappa shape index (κ1) is 18.8. The van der Waals surface area contributed by atoms with Gasteiger partial charge in [0.1, 0.15) is 6.10 Å². The molecule has 1 unspecified atom stereocenters. The molecule has 2 aromatic carbocycles. The molecule has 0 aromatic heterocycles. The lowest BCUT2D eigenvalue weighted by Gasteiger charge is -2.33. The predicted molar refractivity (Wildman–Crippen MR) is 98.4 cm³/mol. The Morgan fingerprint density at radius 1 is 1.15 bits per heavy atom. The summed E-state index contributed by atoms with van der Waals surface area (Å²) in [6, 6.07) is 15.4. The number of hydrogen-bond donors (Lipinski definition) is 1. The van der Waals surface area contributed by atoms with Gasteiger partial charge >= 0.3 is 0 Å². The maximum atomic E-state index is 12.4. The van der Waals surface area contributed by atoms with Crippen LogP contribution in [-0.4, -0.2) is 45.5 Å². The highest BCUT2D eigenvalue weighted by Gasteiger charge is 2.26. The van der Waals surface area contributed by atoms with Crippen molar-refractivity contribution in [3.05, 3.63) is 65.2 Å². The summed E-state index contributed by atoms with van der Waals surface area (Å²) in [6.45, 7) is 0.943. The summed E-state index contributed by atoms with van der Waals surface area (Å²) in [4.78, 5) is 14.1. The Balaban J connectivity index is 1.60. The Hall–Kier alpha value is -1.93. The number of hydrogen-bond acceptors (Lipinski definition) is 4. The van der Waals surface area contributed by atoms with E-state index < -0.39 is 10.0 Å². The van der Waals surface area contributed by atoms with Gasteiger partial charge in [-0.25, -0.2) is 13.1 Å². The number of benzene rings is 2. The van der Waals surface area contributed by atoms with Gasteiger partial charge in [0, 0.05) is 11.6 Å². The number of nitrogens with zero attached hydrogens (tertiary/aromatic N) is 1. The minimum Gasteiger partial charge on any atom is -0.370 e. The zero-order valence-corrected chi connectivity index (χ0v) is 15.5. The van der Waals surface area contributed by atoms with Crippen molar-refractivity contribution in [2.24, 2.45) is 0 Å². The number of carbonyl (C=O) groups is 1. The summed E-state index contributed by atoms with van der Waals surface area (Å²) in [6.07, 6.45) is -0.207. The molecular weight excluding hydrogens is 376 g/mol. The number of sulfonamides is 1. The SMILES string of the molecule is O=C(CNS(=O)(=O)c1ccc(Cl)cc1)N1CCOC(c2ccccc2)C1. The van der Waals surface area contributed by atoms with Gasteiger partial charge in [0.05, 0.1) is 24.6 Å². The average Bonchev–Trinajstić information content (AvgIpc) is 2.67.